The summed E-state index contributed by atoms with van der Waals surface area (Å²) in [5.41, 5.74) is 2.41. The molecule has 0 saturated carbocycles. The highest BCUT2D eigenvalue weighted by atomic mass is 16.2. The molecule has 2 aliphatic rings. The molecule has 1 aromatic rings. The van der Waals surface area contributed by atoms with Crippen LogP contribution in [0, 0.1) is 0 Å². The largest absolute Gasteiger partial charge is 0.347 e. The van der Waals surface area contributed by atoms with Crippen molar-refractivity contribution in [1.29, 1.82) is 0 Å². The van der Waals surface area contributed by atoms with Gasteiger partial charge in [0.25, 0.3) is 5.91 Å². The van der Waals surface area contributed by atoms with Gasteiger partial charge in [-0.15, -0.1) is 5.01 Å². The number of likely N-dealkylation sites (N-methyl/N-ethyl adjacent to an activating group) is 1. The number of carbonyl (C=O) groups is 2. The first kappa shape index (κ1) is 17.2. The van der Waals surface area contributed by atoms with Crippen molar-refractivity contribution in [3.8, 4) is 0 Å². The van der Waals surface area contributed by atoms with Gasteiger partial charge >= 0.3 is 6.03 Å². The van der Waals surface area contributed by atoms with Gasteiger partial charge in [-0.2, -0.15) is 5.10 Å². The van der Waals surface area contributed by atoms with E-state index in [0.717, 1.165) is 16.4 Å². The molecule has 1 saturated heterocycles. The highest BCUT2D eigenvalue weighted by Crippen LogP contribution is 2.46. The van der Waals surface area contributed by atoms with Gasteiger partial charge in [-0.25, -0.2) is 4.79 Å². The van der Waals surface area contributed by atoms with E-state index in [2.05, 4.69) is 41.3 Å². The third kappa shape index (κ3) is 2.52. The number of carbonyl (C=O) groups excluding carboxylic acids is 2. The Labute approximate surface area is 148 Å². The van der Waals surface area contributed by atoms with Crippen molar-refractivity contribution in [3.63, 3.8) is 0 Å². The Morgan fingerprint density at radius 2 is 1.88 bits per heavy atom. The van der Waals surface area contributed by atoms with Crippen molar-refractivity contribution in [2.24, 2.45) is 5.10 Å². The summed E-state index contributed by atoms with van der Waals surface area (Å²) >= 11 is 0. The molecular formula is C19H24N4O2. The fourth-order valence-corrected chi connectivity index (χ4v) is 3.49. The topological polar surface area (TPSA) is 65.0 Å². The van der Waals surface area contributed by atoms with E-state index in [1.54, 1.807) is 6.92 Å². The molecule has 1 N–H and O–H groups in total. The Balaban J connectivity index is 1.87. The highest BCUT2D eigenvalue weighted by molar-refractivity contribution is 6.07. The molecule has 0 radical (unpaired) electrons. The van der Waals surface area contributed by atoms with Crippen LogP contribution in [0.4, 0.5) is 10.5 Å². The van der Waals surface area contributed by atoms with E-state index in [9.17, 15) is 9.59 Å². The first-order valence-electron chi connectivity index (χ1n) is 8.47. The molecule has 132 valence electrons. The van der Waals surface area contributed by atoms with Gasteiger partial charge in [0.1, 0.15) is 5.54 Å². The number of hydrogen-bond donors (Lipinski definition) is 1. The van der Waals surface area contributed by atoms with Crippen LogP contribution in [0.2, 0.25) is 0 Å². The number of hydrogen-bond acceptors (Lipinski definition) is 4. The number of amides is 3. The lowest BCUT2D eigenvalue weighted by Gasteiger charge is -2.23. The molecule has 1 atom stereocenters. The van der Waals surface area contributed by atoms with E-state index < -0.39 is 11.6 Å². The van der Waals surface area contributed by atoms with Crippen LogP contribution in [0.3, 0.4) is 0 Å². The predicted octanol–water partition coefficient (Wildman–Crippen LogP) is 3.00. The molecule has 1 fully saturated rings. The lowest BCUT2D eigenvalue weighted by atomic mass is 9.84. The van der Waals surface area contributed by atoms with Crippen LogP contribution in [-0.2, 0) is 10.2 Å². The molecule has 3 amide bonds. The first-order valence-corrected chi connectivity index (χ1v) is 8.47. The average Bonchev–Trinajstić information content (AvgIpc) is 2.92. The number of fused-ring (bicyclic) bond motifs is 1. The Kier molecular flexibility index (Phi) is 3.94. The maximum absolute atomic E-state index is 12.4. The summed E-state index contributed by atoms with van der Waals surface area (Å²) in [5.74, 6) is -0.322. The number of hydrazone groups is 1. The van der Waals surface area contributed by atoms with Crippen molar-refractivity contribution >= 4 is 23.8 Å². The molecule has 3 rings (SSSR count). The summed E-state index contributed by atoms with van der Waals surface area (Å²) in [6, 6.07) is 7.77. The number of allylic oxidation sites excluding steroid dienone is 2. The molecule has 6 nitrogen and oxygen atoms in total. The zero-order valence-corrected chi connectivity index (χ0v) is 15.3. The average molecular weight is 340 g/mol. The van der Waals surface area contributed by atoms with Gasteiger partial charge in [-0.3, -0.25) is 4.79 Å². The Hall–Kier alpha value is -2.63. The van der Waals surface area contributed by atoms with Crippen molar-refractivity contribution in [2.45, 2.75) is 45.1 Å². The van der Waals surface area contributed by atoms with Crippen LogP contribution in [0.5, 0.6) is 0 Å². The third-order valence-corrected chi connectivity index (χ3v) is 5.30. The molecule has 1 aromatic carbocycles. The summed E-state index contributed by atoms with van der Waals surface area (Å²) in [5, 5.41) is 7.70. The zero-order valence-electron chi connectivity index (χ0n) is 15.3. The van der Waals surface area contributed by atoms with Gasteiger partial charge in [-0.05, 0) is 31.1 Å². The number of rotatable bonds is 3. The maximum Gasteiger partial charge on any atom is 0.346 e. The van der Waals surface area contributed by atoms with Crippen LogP contribution in [-0.4, -0.2) is 35.7 Å². The monoisotopic (exact) mass is 340 g/mol. The summed E-state index contributed by atoms with van der Waals surface area (Å²) in [6.45, 7) is 7.88. The molecule has 6 heteroatoms. The second-order valence-electron chi connectivity index (χ2n) is 7.25. The lowest BCUT2D eigenvalue weighted by Crippen LogP contribution is -2.42. The fourth-order valence-electron chi connectivity index (χ4n) is 3.49. The number of anilines is 1. The minimum Gasteiger partial charge on any atom is -0.347 e. The molecule has 0 spiro atoms. The molecule has 0 aromatic heterocycles. The van der Waals surface area contributed by atoms with Crippen molar-refractivity contribution in [1.82, 2.24) is 10.3 Å². The number of urea groups is 1. The second kappa shape index (κ2) is 5.72. The van der Waals surface area contributed by atoms with Gasteiger partial charge in [-0.1, -0.05) is 39.0 Å². The van der Waals surface area contributed by atoms with Crippen molar-refractivity contribution < 1.29 is 9.59 Å². The smallest absolute Gasteiger partial charge is 0.346 e. The Morgan fingerprint density at radius 3 is 2.48 bits per heavy atom. The van der Waals surface area contributed by atoms with Gasteiger partial charge in [0.05, 0.1) is 0 Å². The van der Waals surface area contributed by atoms with Crippen molar-refractivity contribution in [2.75, 3.05) is 11.9 Å². The predicted molar refractivity (Wildman–Crippen MR) is 98.5 cm³/mol. The Bertz CT molecular complexity index is 796. The minimum absolute atomic E-state index is 0.174. The highest BCUT2D eigenvalue weighted by Gasteiger charge is 2.47. The fraction of sp³-hybridized carbons (Fsp3) is 0.421. The van der Waals surface area contributed by atoms with Gasteiger partial charge in [0.15, 0.2) is 0 Å². The van der Waals surface area contributed by atoms with Crippen LogP contribution < -0.4 is 10.2 Å². The number of benzene rings is 1. The molecule has 1 unspecified atom stereocenters. The number of nitrogens with one attached hydrogen (secondary N) is 1. The van der Waals surface area contributed by atoms with Crippen molar-refractivity contribution in [3.05, 3.63) is 41.6 Å². The maximum atomic E-state index is 12.4. The van der Waals surface area contributed by atoms with Gasteiger partial charge in [0, 0.05) is 30.1 Å². The number of nitrogens with zero attached hydrogens (tertiary/aromatic N) is 3. The quantitative estimate of drug-likeness (QED) is 0.679. The molecule has 2 aliphatic heterocycles. The SMILES string of the molecule is CCC1(C)NC(=O)N(/N=C/C=C2/N(C)c3ccccc3C2(C)C)C1=O. The number of imide groups is 1. The van der Waals surface area contributed by atoms with E-state index in [1.165, 1.54) is 11.8 Å². The zero-order chi connectivity index (χ0) is 18.4. The molecule has 0 bridgehead atoms. The summed E-state index contributed by atoms with van der Waals surface area (Å²) in [6.07, 6.45) is 3.91. The van der Waals surface area contributed by atoms with E-state index >= 15 is 0 Å². The van der Waals surface area contributed by atoms with Crippen LogP contribution >= 0.6 is 0 Å². The lowest BCUT2D eigenvalue weighted by molar-refractivity contribution is -0.130. The summed E-state index contributed by atoms with van der Waals surface area (Å²) in [4.78, 5) is 26.5. The summed E-state index contributed by atoms with van der Waals surface area (Å²) < 4.78 is 0. The standard InChI is InChI=1S/C19H24N4O2/c1-6-19(4)16(24)23(17(25)21-19)20-12-11-15-18(2,3)13-9-7-8-10-14(13)22(15)5/h7-12H,6H2,1-5H3,(H,21,25)/b15-11+,20-12+. The van der Waals surface area contributed by atoms with Crippen LogP contribution in [0.15, 0.2) is 41.1 Å². The minimum atomic E-state index is -0.874. The first-order chi connectivity index (χ1) is 11.7. The Morgan fingerprint density at radius 1 is 1.20 bits per heavy atom. The van der Waals surface area contributed by atoms with Gasteiger partial charge < -0.3 is 10.2 Å². The molecular weight excluding hydrogens is 316 g/mol. The van der Waals surface area contributed by atoms with E-state index in [-0.39, 0.29) is 11.3 Å². The van der Waals surface area contributed by atoms with E-state index in [0.29, 0.717) is 6.42 Å². The molecule has 25 heavy (non-hydrogen) atoms. The van der Waals surface area contributed by atoms with E-state index in [4.69, 9.17) is 0 Å². The normalized spacial score (nSPS) is 26.7. The number of para-hydroxylation sites is 1. The second-order valence-corrected chi connectivity index (χ2v) is 7.25. The summed E-state index contributed by atoms with van der Waals surface area (Å²) in [7, 11) is 2.01. The van der Waals surface area contributed by atoms with Crippen LogP contribution in [0.1, 0.15) is 39.7 Å². The van der Waals surface area contributed by atoms with Gasteiger partial charge in [0.2, 0.25) is 0 Å². The third-order valence-electron chi connectivity index (χ3n) is 5.30. The van der Waals surface area contributed by atoms with E-state index in [1.807, 2.05) is 32.2 Å². The molecule has 0 aliphatic carbocycles. The molecule has 2 heterocycles. The van der Waals surface area contributed by atoms with Crippen LogP contribution in [0.25, 0.3) is 0 Å².